The summed E-state index contributed by atoms with van der Waals surface area (Å²) in [5, 5.41) is 2.99. The molecular weight excluding hydrogens is 387 g/mol. The van der Waals surface area contributed by atoms with Crippen molar-refractivity contribution in [2.75, 3.05) is 26.0 Å². The molecule has 0 saturated heterocycles. The molecule has 27 heavy (non-hydrogen) atoms. The van der Waals surface area contributed by atoms with E-state index in [2.05, 4.69) is 5.32 Å². The quantitative estimate of drug-likeness (QED) is 0.633. The van der Waals surface area contributed by atoms with Gasteiger partial charge in [0.05, 0.1) is 0 Å². The van der Waals surface area contributed by atoms with Crippen LogP contribution in [0.25, 0.3) is 0 Å². The molecule has 2 amide bonds. The minimum atomic E-state index is -0.502. The third-order valence-corrected chi connectivity index (χ3v) is 5.04. The molecule has 0 aliphatic heterocycles. The Balaban J connectivity index is 0.00000338. The van der Waals surface area contributed by atoms with E-state index in [1.54, 1.807) is 12.1 Å². The fourth-order valence-electron chi connectivity index (χ4n) is 3.61. The first kappa shape index (κ1) is 25.7. The Kier molecular flexibility index (Phi) is 10.9. The lowest BCUT2D eigenvalue weighted by Crippen LogP contribution is -2.36. The number of carbonyl (C=O) groups excluding carboxylic acids is 2. The van der Waals surface area contributed by atoms with Gasteiger partial charge in [-0.1, -0.05) is 25.3 Å². The maximum absolute atomic E-state index is 12.7. The van der Waals surface area contributed by atoms with Crippen molar-refractivity contribution < 1.29 is 9.59 Å². The molecule has 1 aromatic carbocycles. The van der Waals surface area contributed by atoms with E-state index in [4.69, 9.17) is 11.5 Å². The molecule has 8 heteroatoms. The van der Waals surface area contributed by atoms with Crippen molar-refractivity contribution in [3.63, 3.8) is 0 Å². The van der Waals surface area contributed by atoms with Crippen LogP contribution >= 0.6 is 24.8 Å². The van der Waals surface area contributed by atoms with Crippen LogP contribution < -0.4 is 16.8 Å². The Labute approximate surface area is 174 Å². The Morgan fingerprint density at radius 3 is 2.30 bits per heavy atom. The van der Waals surface area contributed by atoms with E-state index in [0.29, 0.717) is 30.8 Å². The average Bonchev–Trinajstić information content (AvgIpc) is 2.56. The van der Waals surface area contributed by atoms with Crippen molar-refractivity contribution in [1.82, 2.24) is 4.90 Å². The maximum Gasteiger partial charge on any atom is 0.248 e. The molecule has 2 rings (SSSR count). The predicted molar refractivity (Wildman–Crippen MR) is 115 cm³/mol. The van der Waals surface area contributed by atoms with E-state index in [9.17, 15) is 9.59 Å². The molecule has 1 aliphatic carbocycles. The Hall–Kier alpha value is -1.34. The van der Waals surface area contributed by atoms with Crippen LogP contribution in [-0.4, -0.2) is 37.4 Å². The van der Waals surface area contributed by atoms with Crippen LogP contribution in [0.4, 0.5) is 5.69 Å². The van der Waals surface area contributed by atoms with Crippen LogP contribution in [0.15, 0.2) is 18.2 Å². The normalized spacial score (nSPS) is 15.4. The number of nitrogens with two attached hydrogens (primary N) is 2. The lowest BCUT2D eigenvalue weighted by atomic mass is 9.71. The molecule has 0 spiro atoms. The zero-order valence-electron chi connectivity index (χ0n) is 16.1. The number of amides is 2. The highest BCUT2D eigenvalue weighted by molar-refractivity contribution is 5.97. The number of primary amides is 1. The van der Waals surface area contributed by atoms with Gasteiger partial charge in [0.2, 0.25) is 11.8 Å². The number of hydrogen-bond donors (Lipinski definition) is 3. The third kappa shape index (κ3) is 7.30. The molecule has 0 bridgehead atoms. The minimum Gasteiger partial charge on any atom is -0.366 e. The molecule has 5 N–H and O–H groups in total. The van der Waals surface area contributed by atoms with Crippen LogP contribution in [0.5, 0.6) is 0 Å². The van der Waals surface area contributed by atoms with Gasteiger partial charge in [0.25, 0.3) is 0 Å². The standard InChI is InChI=1S/C19H30N4O2.2ClH/c1-23(2)12-15-7-6-14(18(21)25)10-16(15)22-17(24)11-19(13-20)8-4-3-5-9-19;;/h6-7,10H,3-5,8-9,11-13,20H2,1-2H3,(H2,21,25)(H,22,24);2*1H. The zero-order chi connectivity index (χ0) is 18.4. The molecule has 154 valence electrons. The summed E-state index contributed by atoms with van der Waals surface area (Å²) in [4.78, 5) is 26.1. The van der Waals surface area contributed by atoms with Gasteiger partial charge < -0.3 is 21.7 Å². The Morgan fingerprint density at radius 1 is 1.15 bits per heavy atom. The van der Waals surface area contributed by atoms with E-state index in [-0.39, 0.29) is 36.1 Å². The summed E-state index contributed by atoms with van der Waals surface area (Å²) in [6.07, 6.45) is 5.91. The first-order chi connectivity index (χ1) is 11.8. The topological polar surface area (TPSA) is 101 Å². The van der Waals surface area contributed by atoms with Gasteiger partial charge >= 0.3 is 0 Å². The summed E-state index contributed by atoms with van der Waals surface area (Å²) in [6.45, 7) is 1.20. The summed E-state index contributed by atoms with van der Waals surface area (Å²) in [6, 6.07) is 5.20. The molecule has 0 aromatic heterocycles. The van der Waals surface area contributed by atoms with Crippen LogP contribution in [-0.2, 0) is 11.3 Å². The fourth-order valence-corrected chi connectivity index (χ4v) is 3.61. The van der Waals surface area contributed by atoms with Gasteiger partial charge in [-0.25, -0.2) is 0 Å². The van der Waals surface area contributed by atoms with Gasteiger partial charge in [-0.15, -0.1) is 24.8 Å². The van der Waals surface area contributed by atoms with Crippen molar-refractivity contribution in [1.29, 1.82) is 0 Å². The Bertz CT molecular complexity index is 632. The minimum absolute atomic E-state index is 0. The molecule has 1 aromatic rings. The van der Waals surface area contributed by atoms with E-state index < -0.39 is 5.91 Å². The number of carbonyl (C=O) groups is 2. The van der Waals surface area contributed by atoms with Gasteiger partial charge in [-0.05, 0) is 56.6 Å². The molecule has 6 nitrogen and oxygen atoms in total. The maximum atomic E-state index is 12.7. The van der Waals surface area contributed by atoms with Crippen molar-refractivity contribution in [2.24, 2.45) is 16.9 Å². The second-order valence-electron chi connectivity index (χ2n) is 7.46. The van der Waals surface area contributed by atoms with Crippen LogP contribution in [0.3, 0.4) is 0 Å². The smallest absolute Gasteiger partial charge is 0.248 e. The molecule has 1 saturated carbocycles. The highest BCUT2D eigenvalue weighted by Crippen LogP contribution is 2.38. The molecule has 0 heterocycles. The number of anilines is 1. The van der Waals surface area contributed by atoms with Gasteiger partial charge in [0.15, 0.2) is 0 Å². The Morgan fingerprint density at radius 2 is 1.78 bits per heavy atom. The molecule has 0 radical (unpaired) electrons. The molecule has 0 atom stereocenters. The van der Waals surface area contributed by atoms with Gasteiger partial charge in [0, 0.05) is 24.2 Å². The average molecular weight is 419 g/mol. The van der Waals surface area contributed by atoms with Crippen LogP contribution in [0.2, 0.25) is 0 Å². The number of nitrogens with one attached hydrogen (secondary N) is 1. The summed E-state index contributed by atoms with van der Waals surface area (Å²) in [5.41, 5.74) is 13.3. The first-order valence-electron chi connectivity index (χ1n) is 8.93. The number of rotatable bonds is 7. The van der Waals surface area contributed by atoms with E-state index >= 15 is 0 Å². The third-order valence-electron chi connectivity index (χ3n) is 5.04. The van der Waals surface area contributed by atoms with Crippen molar-refractivity contribution in [2.45, 2.75) is 45.1 Å². The largest absolute Gasteiger partial charge is 0.366 e. The number of halogens is 2. The lowest BCUT2D eigenvalue weighted by molar-refractivity contribution is -0.118. The summed E-state index contributed by atoms with van der Waals surface area (Å²) in [7, 11) is 3.91. The SMILES string of the molecule is CN(C)Cc1ccc(C(N)=O)cc1NC(=O)CC1(CN)CCCCC1.Cl.Cl. The molecule has 0 unspecified atom stereocenters. The van der Waals surface area contributed by atoms with Crippen molar-refractivity contribution in [3.8, 4) is 0 Å². The van der Waals surface area contributed by atoms with Crippen molar-refractivity contribution >= 4 is 42.3 Å². The van der Waals surface area contributed by atoms with Crippen LogP contribution in [0.1, 0.15) is 54.4 Å². The van der Waals surface area contributed by atoms with Gasteiger partial charge in [-0.2, -0.15) is 0 Å². The second-order valence-corrected chi connectivity index (χ2v) is 7.46. The van der Waals surface area contributed by atoms with Crippen molar-refractivity contribution in [3.05, 3.63) is 29.3 Å². The number of nitrogens with zero attached hydrogens (tertiary/aromatic N) is 1. The number of benzene rings is 1. The highest BCUT2D eigenvalue weighted by Gasteiger charge is 2.33. The van der Waals surface area contributed by atoms with Gasteiger partial charge in [-0.3, -0.25) is 9.59 Å². The monoisotopic (exact) mass is 418 g/mol. The molecule has 1 fully saturated rings. The lowest BCUT2D eigenvalue weighted by Gasteiger charge is -2.35. The van der Waals surface area contributed by atoms with Gasteiger partial charge in [0.1, 0.15) is 0 Å². The van der Waals surface area contributed by atoms with Crippen LogP contribution in [0, 0.1) is 5.41 Å². The summed E-state index contributed by atoms with van der Waals surface area (Å²) in [5.74, 6) is -0.549. The summed E-state index contributed by atoms with van der Waals surface area (Å²) < 4.78 is 0. The van der Waals surface area contributed by atoms with E-state index in [1.807, 2.05) is 25.1 Å². The summed E-state index contributed by atoms with van der Waals surface area (Å²) >= 11 is 0. The zero-order valence-corrected chi connectivity index (χ0v) is 17.8. The molecule has 1 aliphatic rings. The number of hydrogen-bond acceptors (Lipinski definition) is 4. The highest BCUT2D eigenvalue weighted by atomic mass is 35.5. The molecular formula is C19H32Cl2N4O2. The van der Waals surface area contributed by atoms with E-state index in [1.165, 1.54) is 6.42 Å². The first-order valence-corrected chi connectivity index (χ1v) is 8.93. The predicted octanol–water partition coefficient (Wildman–Crippen LogP) is 2.93. The van der Waals surface area contributed by atoms with E-state index in [0.717, 1.165) is 31.2 Å². The fraction of sp³-hybridized carbons (Fsp3) is 0.579. The second kappa shape index (κ2) is 11.5.